The Morgan fingerprint density at radius 2 is 2.09 bits per heavy atom. The zero-order chi connectivity index (χ0) is 24.6. The predicted molar refractivity (Wildman–Crippen MR) is 130 cm³/mol. The van der Waals surface area contributed by atoms with E-state index in [-0.39, 0.29) is 30.2 Å². The molecule has 0 unspecified atom stereocenters. The van der Waals surface area contributed by atoms with Gasteiger partial charge in [-0.3, -0.25) is 19.9 Å². The minimum atomic E-state index is -0.951. The van der Waals surface area contributed by atoms with Crippen LogP contribution in [0.2, 0.25) is 0 Å². The highest BCUT2D eigenvalue weighted by molar-refractivity contribution is 5.78. The fourth-order valence-corrected chi connectivity index (χ4v) is 6.75. The lowest BCUT2D eigenvalue weighted by molar-refractivity contribution is -0.144. The number of halogens is 1. The highest BCUT2D eigenvalue weighted by atomic mass is 19.1. The second-order valence-corrected chi connectivity index (χ2v) is 10.1. The van der Waals surface area contributed by atoms with Gasteiger partial charge in [0.1, 0.15) is 11.9 Å². The Kier molecular flexibility index (Phi) is 6.45. The minimum absolute atomic E-state index is 0.0583. The lowest BCUT2D eigenvalue weighted by atomic mass is 9.53. The van der Waals surface area contributed by atoms with E-state index in [0.29, 0.717) is 11.8 Å². The first kappa shape index (κ1) is 23.7. The zero-order valence-electron chi connectivity index (χ0n) is 19.8. The van der Waals surface area contributed by atoms with Gasteiger partial charge in [0.25, 0.3) is 0 Å². The number of esters is 1. The fraction of sp³-hybridized carbons (Fsp3) is 0.464. The first-order valence-corrected chi connectivity index (χ1v) is 12.5. The molecule has 2 N–H and O–H groups in total. The summed E-state index contributed by atoms with van der Waals surface area (Å²) in [5, 5.41) is 12.7. The maximum atomic E-state index is 13.6. The average Bonchev–Trinajstić information content (AvgIpc) is 3.10. The monoisotopic (exact) mass is 478 g/mol. The molecule has 5 rings (SSSR count). The van der Waals surface area contributed by atoms with Crippen molar-refractivity contribution in [3.8, 4) is 11.1 Å². The van der Waals surface area contributed by atoms with Crippen LogP contribution < -0.4 is 5.32 Å². The number of cyclic esters (lactones) is 1. The summed E-state index contributed by atoms with van der Waals surface area (Å²) < 4.78 is 19.3. The molecule has 2 aliphatic carbocycles. The highest BCUT2D eigenvalue weighted by Gasteiger charge is 2.64. The standard InChI is InChI=1S/C28H31FN2O4/c1-17-28(31-16-26(32)33)24(23-8-3-2-5-19(23)14-25(28)27(34)35-17)12-11-22-10-9-20(15-30-22)18-6-4-7-21(29)13-18/h4,6-7,9-13,15,17,19,23-25,31H,2-3,5,8,14,16H2,1H3,(H,32,33)/b12-11+/t17-,19-,23-,24+,25+,28+/m1/s1. The molecule has 0 spiro atoms. The first-order valence-electron chi connectivity index (χ1n) is 12.5. The summed E-state index contributed by atoms with van der Waals surface area (Å²) in [4.78, 5) is 29.0. The molecule has 3 aliphatic rings. The molecule has 2 aromatic rings. The van der Waals surface area contributed by atoms with Gasteiger partial charge in [0.05, 0.1) is 23.7 Å². The summed E-state index contributed by atoms with van der Waals surface area (Å²) in [5.41, 5.74) is 1.59. The lowest BCUT2D eigenvalue weighted by Gasteiger charge is -2.53. The number of fused-ring (bicyclic) bond motifs is 2. The van der Waals surface area contributed by atoms with Gasteiger partial charge in [-0.05, 0) is 61.4 Å². The van der Waals surface area contributed by atoms with Crippen LogP contribution in [0.4, 0.5) is 4.39 Å². The van der Waals surface area contributed by atoms with E-state index in [2.05, 4.69) is 16.4 Å². The maximum Gasteiger partial charge on any atom is 0.317 e. The highest BCUT2D eigenvalue weighted by Crippen LogP contribution is 2.55. The van der Waals surface area contributed by atoms with E-state index in [9.17, 15) is 19.1 Å². The van der Waals surface area contributed by atoms with Crippen molar-refractivity contribution in [3.63, 3.8) is 0 Å². The minimum Gasteiger partial charge on any atom is -0.480 e. The van der Waals surface area contributed by atoms with E-state index < -0.39 is 17.6 Å². The number of ether oxygens (including phenoxy) is 1. The Labute approximate surface area is 204 Å². The molecule has 6 nitrogen and oxygen atoms in total. The van der Waals surface area contributed by atoms with Gasteiger partial charge in [-0.2, -0.15) is 0 Å². The van der Waals surface area contributed by atoms with E-state index in [1.54, 1.807) is 12.3 Å². The largest absolute Gasteiger partial charge is 0.480 e. The van der Waals surface area contributed by atoms with Crippen molar-refractivity contribution >= 4 is 18.0 Å². The van der Waals surface area contributed by atoms with Gasteiger partial charge in [0.2, 0.25) is 0 Å². The van der Waals surface area contributed by atoms with Crippen molar-refractivity contribution in [2.45, 2.75) is 50.7 Å². The number of benzene rings is 1. The number of aliphatic carboxylic acids is 1. The predicted octanol–water partition coefficient (Wildman–Crippen LogP) is 4.70. The van der Waals surface area contributed by atoms with Crippen molar-refractivity contribution < 1.29 is 23.8 Å². The number of pyridine rings is 1. The fourth-order valence-electron chi connectivity index (χ4n) is 6.75. The summed E-state index contributed by atoms with van der Waals surface area (Å²) in [5.74, 6) is -1.12. The number of nitrogens with one attached hydrogen (secondary N) is 1. The van der Waals surface area contributed by atoms with Crippen molar-refractivity contribution in [1.29, 1.82) is 0 Å². The summed E-state index contributed by atoms with van der Waals surface area (Å²) in [7, 11) is 0. The van der Waals surface area contributed by atoms with Crippen LogP contribution in [-0.4, -0.2) is 40.2 Å². The van der Waals surface area contributed by atoms with E-state index in [1.807, 2.05) is 31.2 Å². The normalized spacial score (nSPS) is 32.2. The molecule has 2 saturated carbocycles. The van der Waals surface area contributed by atoms with Crippen molar-refractivity contribution in [2.75, 3.05) is 6.54 Å². The molecular formula is C28H31FN2O4. The molecule has 3 fully saturated rings. The van der Waals surface area contributed by atoms with Gasteiger partial charge in [-0.1, -0.05) is 43.5 Å². The summed E-state index contributed by atoms with van der Waals surface area (Å²) in [6.07, 6.45) is 10.6. The number of carbonyl (C=O) groups is 2. The molecular weight excluding hydrogens is 447 g/mol. The van der Waals surface area contributed by atoms with Crippen molar-refractivity contribution in [1.82, 2.24) is 10.3 Å². The number of carboxylic acids is 1. The van der Waals surface area contributed by atoms with Crippen LogP contribution >= 0.6 is 0 Å². The average molecular weight is 479 g/mol. The third-order valence-corrected chi connectivity index (χ3v) is 8.31. The van der Waals surface area contributed by atoms with Crippen LogP contribution in [0, 0.1) is 29.5 Å². The van der Waals surface area contributed by atoms with E-state index in [1.165, 1.54) is 12.1 Å². The van der Waals surface area contributed by atoms with Crippen LogP contribution in [0.5, 0.6) is 0 Å². The van der Waals surface area contributed by atoms with Crippen LogP contribution in [0.15, 0.2) is 48.7 Å². The summed E-state index contributed by atoms with van der Waals surface area (Å²) in [6, 6.07) is 10.2. The molecule has 0 bridgehead atoms. The molecule has 6 atom stereocenters. The molecule has 2 heterocycles. The Morgan fingerprint density at radius 3 is 2.83 bits per heavy atom. The molecule has 1 aromatic carbocycles. The number of carboxylic acid groups (broad SMARTS) is 1. The number of rotatable bonds is 6. The Bertz CT molecular complexity index is 1130. The molecule has 35 heavy (non-hydrogen) atoms. The number of hydrogen-bond acceptors (Lipinski definition) is 5. The summed E-state index contributed by atoms with van der Waals surface area (Å²) >= 11 is 0. The molecule has 1 aliphatic heterocycles. The van der Waals surface area contributed by atoms with E-state index in [4.69, 9.17) is 4.74 Å². The Morgan fingerprint density at radius 1 is 1.26 bits per heavy atom. The molecule has 7 heteroatoms. The SMILES string of the molecule is C[C@H]1OC(=O)[C@@H]2C[C@H]3CCCC[C@H]3[C@H](/C=C/c3ccc(-c4cccc(F)c4)cn3)[C@@]12NCC(=O)O. The van der Waals surface area contributed by atoms with Crippen LogP contribution in [0.1, 0.15) is 44.7 Å². The topological polar surface area (TPSA) is 88.5 Å². The van der Waals surface area contributed by atoms with Gasteiger partial charge in [-0.15, -0.1) is 0 Å². The summed E-state index contributed by atoms with van der Waals surface area (Å²) in [6.45, 7) is 1.66. The van der Waals surface area contributed by atoms with Crippen LogP contribution in [-0.2, 0) is 14.3 Å². The number of aromatic nitrogens is 1. The second-order valence-electron chi connectivity index (χ2n) is 10.1. The molecule has 1 aromatic heterocycles. The Balaban J connectivity index is 1.48. The Hall–Kier alpha value is -3.06. The van der Waals surface area contributed by atoms with E-state index in [0.717, 1.165) is 48.9 Å². The molecule has 0 amide bonds. The van der Waals surface area contributed by atoms with Gasteiger partial charge >= 0.3 is 11.9 Å². The number of hydrogen-bond donors (Lipinski definition) is 2. The quantitative estimate of drug-likeness (QED) is 0.585. The van der Waals surface area contributed by atoms with Crippen molar-refractivity contribution in [3.05, 3.63) is 60.2 Å². The van der Waals surface area contributed by atoms with Crippen molar-refractivity contribution in [2.24, 2.45) is 23.7 Å². The van der Waals surface area contributed by atoms with Gasteiger partial charge in [-0.25, -0.2) is 4.39 Å². The third kappa shape index (κ3) is 4.38. The van der Waals surface area contributed by atoms with E-state index >= 15 is 0 Å². The van der Waals surface area contributed by atoms with Gasteiger partial charge in [0.15, 0.2) is 0 Å². The van der Waals surface area contributed by atoms with Gasteiger partial charge < -0.3 is 9.84 Å². The molecule has 0 radical (unpaired) electrons. The zero-order valence-corrected chi connectivity index (χ0v) is 19.8. The second kappa shape index (κ2) is 9.53. The first-order chi connectivity index (χ1) is 16.9. The van der Waals surface area contributed by atoms with Gasteiger partial charge in [0, 0.05) is 17.7 Å². The third-order valence-electron chi connectivity index (χ3n) is 8.31. The molecule has 1 saturated heterocycles. The van der Waals surface area contributed by atoms with Crippen LogP contribution in [0.25, 0.3) is 17.2 Å². The lowest BCUT2D eigenvalue weighted by Crippen LogP contribution is -2.66. The smallest absolute Gasteiger partial charge is 0.317 e. The molecule has 184 valence electrons. The maximum absolute atomic E-state index is 13.6. The van der Waals surface area contributed by atoms with Crippen LogP contribution in [0.3, 0.4) is 0 Å². The number of nitrogens with zero attached hydrogens (tertiary/aromatic N) is 1. The number of carbonyl (C=O) groups excluding carboxylic acids is 1.